The Bertz CT molecular complexity index is 915. The number of benzene rings is 2. The van der Waals surface area contributed by atoms with Crippen molar-refractivity contribution in [3.8, 4) is 11.1 Å². The molecule has 34 heavy (non-hydrogen) atoms. The predicted octanol–water partition coefficient (Wildman–Crippen LogP) is 3.55. The molecular formula is C28H38N4O2. The lowest BCUT2D eigenvalue weighted by Crippen LogP contribution is -2.52. The molecule has 182 valence electrons. The molecule has 0 radical (unpaired) electrons. The third-order valence-corrected chi connectivity index (χ3v) is 7.05. The van der Waals surface area contributed by atoms with Gasteiger partial charge < -0.3 is 10.2 Å². The summed E-state index contributed by atoms with van der Waals surface area (Å²) in [6.07, 6.45) is 4.73. The van der Waals surface area contributed by atoms with Gasteiger partial charge in [0.2, 0.25) is 11.8 Å². The van der Waals surface area contributed by atoms with Crippen LogP contribution in [-0.4, -0.2) is 78.9 Å². The van der Waals surface area contributed by atoms with Crippen molar-refractivity contribution in [1.82, 2.24) is 20.0 Å². The van der Waals surface area contributed by atoms with Gasteiger partial charge in [0, 0.05) is 39.3 Å². The number of hydrogen-bond acceptors (Lipinski definition) is 4. The number of hydrogen-bond donors (Lipinski definition) is 1. The van der Waals surface area contributed by atoms with Gasteiger partial charge in [-0.1, -0.05) is 67.4 Å². The predicted molar refractivity (Wildman–Crippen MR) is 136 cm³/mol. The highest BCUT2D eigenvalue weighted by Crippen LogP contribution is 2.21. The molecule has 2 saturated heterocycles. The van der Waals surface area contributed by atoms with Gasteiger partial charge in [0.25, 0.3) is 0 Å². The molecule has 2 aliphatic heterocycles. The maximum atomic E-state index is 12.7. The van der Waals surface area contributed by atoms with Crippen LogP contribution < -0.4 is 5.32 Å². The number of amides is 2. The molecule has 2 aliphatic rings. The molecule has 6 heteroatoms. The highest BCUT2D eigenvalue weighted by atomic mass is 16.2. The second-order valence-electron chi connectivity index (χ2n) is 9.62. The van der Waals surface area contributed by atoms with Crippen molar-refractivity contribution in [3.05, 3.63) is 60.2 Å². The molecule has 0 spiro atoms. The summed E-state index contributed by atoms with van der Waals surface area (Å²) in [5.41, 5.74) is 3.47. The maximum Gasteiger partial charge on any atom is 0.236 e. The van der Waals surface area contributed by atoms with E-state index in [2.05, 4.69) is 51.5 Å². The van der Waals surface area contributed by atoms with Gasteiger partial charge in [-0.15, -0.1) is 0 Å². The minimum absolute atomic E-state index is 0.0372. The third kappa shape index (κ3) is 6.90. The Morgan fingerprint density at radius 3 is 1.91 bits per heavy atom. The van der Waals surface area contributed by atoms with E-state index >= 15 is 0 Å². The first-order valence-corrected chi connectivity index (χ1v) is 12.8. The quantitative estimate of drug-likeness (QED) is 0.684. The zero-order valence-electron chi connectivity index (χ0n) is 20.4. The smallest absolute Gasteiger partial charge is 0.236 e. The van der Waals surface area contributed by atoms with Crippen molar-refractivity contribution < 1.29 is 9.59 Å². The Morgan fingerprint density at radius 1 is 0.735 bits per heavy atom. The van der Waals surface area contributed by atoms with Crippen molar-refractivity contribution in [2.24, 2.45) is 0 Å². The monoisotopic (exact) mass is 462 g/mol. The number of likely N-dealkylation sites (tertiary alicyclic amines) is 1. The topological polar surface area (TPSA) is 55.9 Å². The number of nitrogens with one attached hydrogen (secondary N) is 1. The molecule has 2 fully saturated rings. The van der Waals surface area contributed by atoms with Crippen LogP contribution in [0.3, 0.4) is 0 Å². The average molecular weight is 463 g/mol. The summed E-state index contributed by atoms with van der Waals surface area (Å²) in [7, 11) is 0. The van der Waals surface area contributed by atoms with Gasteiger partial charge in [-0.3, -0.25) is 19.4 Å². The Balaban J connectivity index is 1.18. The average Bonchev–Trinajstić information content (AvgIpc) is 3.16. The van der Waals surface area contributed by atoms with Crippen LogP contribution >= 0.6 is 0 Å². The van der Waals surface area contributed by atoms with Gasteiger partial charge in [0.15, 0.2) is 0 Å². The Labute approximate surface area is 203 Å². The number of carbonyl (C=O) groups is 2. The SMILES string of the molecule is C[C@@H](NC(=O)CN1CCN(CC(=O)N2CCCCCC2)CC1)c1ccc(-c2ccccc2)cc1. The lowest BCUT2D eigenvalue weighted by molar-refractivity contribution is -0.133. The molecule has 6 nitrogen and oxygen atoms in total. The van der Waals surface area contributed by atoms with E-state index in [1.165, 1.54) is 24.0 Å². The summed E-state index contributed by atoms with van der Waals surface area (Å²) in [5, 5.41) is 3.14. The number of carbonyl (C=O) groups excluding carboxylic acids is 2. The second kappa shape index (κ2) is 12.1. The second-order valence-corrected chi connectivity index (χ2v) is 9.62. The van der Waals surface area contributed by atoms with Crippen LogP contribution in [0.15, 0.2) is 54.6 Å². The van der Waals surface area contributed by atoms with Gasteiger partial charge in [-0.25, -0.2) is 0 Å². The van der Waals surface area contributed by atoms with Crippen molar-refractivity contribution in [3.63, 3.8) is 0 Å². The molecule has 0 aliphatic carbocycles. The molecule has 2 heterocycles. The molecule has 0 unspecified atom stereocenters. The van der Waals surface area contributed by atoms with Crippen molar-refractivity contribution >= 4 is 11.8 Å². The van der Waals surface area contributed by atoms with Crippen molar-refractivity contribution in [2.45, 2.75) is 38.6 Å². The molecular weight excluding hydrogens is 424 g/mol. The first-order chi connectivity index (χ1) is 16.6. The van der Waals surface area contributed by atoms with Gasteiger partial charge >= 0.3 is 0 Å². The standard InChI is InChI=1S/C28H38N4O2/c1-23(24-11-13-26(14-12-24)25-9-5-4-6-10-25)29-27(33)21-30-17-19-31(20-18-30)22-28(34)32-15-7-2-3-8-16-32/h4-6,9-14,23H,2-3,7-8,15-22H2,1H3,(H,29,33)/t23-/m1/s1. The van der Waals surface area contributed by atoms with Crippen LogP contribution in [-0.2, 0) is 9.59 Å². The van der Waals surface area contributed by atoms with Crippen molar-refractivity contribution in [2.75, 3.05) is 52.4 Å². The van der Waals surface area contributed by atoms with Crippen LogP contribution in [0.4, 0.5) is 0 Å². The van der Waals surface area contributed by atoms with Crippen LogP contribution in [0.2, 0.25) is 0 Å². The largest absolute Gasteiger partial charge is 0.348 e. The number of nitrogens with zero attached hydrogens (tertiary/aromatic N) is 3. The molecule has 2 aromatic rings. The zero-order chi connectivity index (χ0) is 23.8. The normalized spacial score (nSPS) is 18.8. The summed E-state index contributed by atoms with van der Waals surface area (Å²) in [4.78, 5) is 31.8. The number of rotatable bonds is 7. The summed E-state index contributed by atoms with van der Waals surface area (Å²) >= 11 is 0. The van der Waals surface area contributed by atoms with Crippen LogP contribution in [0.1, 0.15) is 44.2 Å². The van der Waals surface area contributed by atoms with Crippen molar-refractivity contribution in [1.29, 1.82) is 0 Å². The molecule has 1 atom stereocenters. The van der Waals surface area contributed by atoms with Crippen LogP contribution in [0.25, 0.3) is 11.1 Å². The fraction of sp³-hybridized carbons (Fsp3) is 0.500. The summed E-state index contributed by atoms with van der Waals surface area (Å²) in [6, 6.07) is 18.7. The van der Waals surface area contributed by atoms with Gasteiger partial charge in [0.1, 0.15) is 0 Å². The van der Waals surface area contributed by atoms with E-state index in [1.807, 2.05) is 30.0 Å². The zero-order valence-corrected chi connectivity index (χ0v) is 20.4. The van der Waals surface area contributed by atoms with E-state index in [0.29, 0.717) is 13.1 Å². The van der Waals surface area contributed by atoms with Gasteiger partial charge in [0.05, 0.1) is 19.1 Å². The molecule has 2 aromatic carbocycles. The first kappa shape index (κ1) is 24.4. The van der Waals surface area contributed by atoms with Gasteiger partial charge in [-0.05, 0) is 36.5 Å². The minimum Gasteiger partial charge on any atom is -0.348 e. The van der Waals surface area contributed by atoms with Crippen LogP contribution in [0, 0.1) is 0 Å². The van der Waals surface area contributed by atoms with E-state index in [0.717, 1.165) is 57.7 Å². The van der Waals surface area contributed by atoms with E-state index in [1.54, 1.807) is 0 Å². The Morgan fingerprint density at radius 2 is 1.29 bits per heavy atom. The first-order valence-electron chi connectivity index (χ1n) is 12.8. The summed E-state index contributed by atoms with van der Waals surface area (Å²) in [5.74, 6) is 0.314. The van der Waals surface area contributed by atoms with E-state index in [-0.39, 0.29) is 17.9 Å². The van der Waals surface area contributed by atoms with E-state index in [9.17, 15) is 9.59 Å². The van der Waals surface area contributed by atoms with E-state index in [4.69, 9.17) is 0 Å². The summed E-state index contributed by atoms with van der Waals surface area (Å²) < 4.78 is 0. The van der Waals surface area contributed by atoms with Gasteiger partial charge in [-0.2, -0.15) is 0 Å². The molecule has 0 saturated carbocycles. The lowest BCUT2D eigenvalue weighted by Gasteiger charge is -2.35. The minimum atomic E-state index is -0.0372. The Kier molecular flexibility index (Phi) is 8.72. The van der Waals surface area contributed by atoms with Crippen LogP contribution in [0.5, 0.6) is 0 Å². The highest BCUT2D eigenvalue weighted by Gasteiger charge is 2.23. The fourth-order valence-corrected chi connectivity index (χ4v) is 4.89. The van der Waals surface area contributed by atoms with E-state index < -0.39 is 0 Å². The highest BCUT2D eigenvalue weighted by molar-refractivity contribution is 5.79. The maximum absolute atomic E-state index is 12.7. The summed E-state index contributed by atoms with van der Waals surface area (Å²) in [6.45, 7) is 8.07. The lowest BCUT2D eigenvalue weighted by atomic mass is 10.0. The fourth-order valence-electron chi connectivity index (χ4n) is 4.89. The molecule has 2 amide bonds. The molecule has 4 rings (SSSR count). The number of piperazine rings is 1. The molecule has 0 bridgehead atoms. The molecule has 0 aromatic heterocycles. The Hall–Kier alpha value is -2.70. The third-order valence-electron chi connectivity index (χ3n) is 7.05. The molecule has 1 N–H and O–H groups in total.